The van der Waals surface area contributed by atoms with Crippen molar-refractivity contribution in [3.05, 3.63) is 35.4 Å². The van der Waals surface area contributed by atoms with Crippen LogP contribution in [0.1, 0.15) is 69.8 Å². The fraction of sp³-hybridized carbons (Fsp3) is 0.700. The molecule has 0 spiro atoms. The van der Waals surface area contributed by atoms with Crippen molar-refractivity contribution < 1.29 is 13.5 Å². The SMILES string of the molecule is CC1CCC(COC2CCC(c3ccc(F)c(F)c3)CC2)CC1. The van der Waals surface area contributed by atoms with Crippen LogP contribution in [-0.4, -0.2) is 12.7 Å². The van der Waals surface area contributed by atoms with Crippen molar-refractivity contribution >= 4 is 0 Å². The van der Waals surface area contributed by atoms with Crippen LogP contribution in [0.25, 0.3) is 0 Å². The molecular formula is C20H28F2O. The van der Waals surface area contributed by atoms with Crippen molar-refractivity contribution in [1.82, 2.24) is 0 Å². The van der Waals surface area contributed by atoms with Crippen molar-refractivity contribution in [2.45, 2.75) is 70.3 Å². The molecule has 0 bridgehead atoms. The van der Waals surface area contributed by atoms with Crippen LogP contribution in [-0.2, 0) is 4.74 Å². The largest absolute Gasteiger partial charge is 0.378 e. The molecular weight excluding hydrogens is 294 g/mol. The summed E-state index contributed by atoms with van der Waals surface area (Å²) in [4.78, 5) is 0. The summed E-state index contributed by atoms with van der Waals surface area (Å²) in [7, 11) is 0. The second-order valence-electron chi connectivity index (χ2n) is 7.61. The van der Waals surface area contributed by atoms with Crippen LogP contribution >= 0.6 is 0 Å². The van der Waals surface area contributed by atoms with E-state index in [1.807, 2.05) is 0 Å². The summed E-state index contributed by atoms with van der Waals surface area (Å²) in [5, 5.41) is 0. The molecule has 0 amide bonds. The minimum absolute atomic E-state index is 0.348. The van der Waals surface area contributed by atoms with Crippen LogP contribution in [0, 0.1) is 23.5 Å². The number of halogens is 2. The monoisotopic (exact) mass is 322 g/mol. The van der Waals surface area contributed by atoms with Crippen LogP contribution in [0.15, 0.2) is 18.2 Å². The Bertz CT molecular complexity index is 500. The lowest BCUT2D eigenvalue weighted by Crippen LogP contribution is -2.25. The highest BCUT2D eigenvalue weighted by molar-refractivity contribution is 5.22. The maximum Gasteiger partial charge on any atom is 0.159 e. The van der Waals surface area contributed by atoms with Gasteiger partial charge in [-0.15, -0.1) is 0 Å². The van der Waals surface area contributed by atoms with E-state index in [4.69, 9.17) is 4.74 Å². The maximum absolute atomic E-state index is 13.4. The molecule has 0 aliphatic heterocycles. The van der Waals surface area contributed by atoms with E-state index in [0.717, 1.165) is 49.7 Å². The van der Waals surface area contributed by atoms with E-state index in [9.17, 15) is 8.78 Å². The van der Waals surface area contributed by atoms with Gasteiger partial charge in [-0.2, -0.15) is 0 Å². The van der Waals surface area contributed by atoms with E-state index in [1.165, 1.54) is 37.8 Å². The van der Waals surface area contributed by atoms with Gasteiger partial charge >= 0.3 is 0 Å². The van der Waals surface area contributed by atoms with Crippen molar-refractivity contribution in [3.8, 4) is 0 Å². The van der Waals surface area contributed by atoms with E-state index in [1.54, 1.807) is 6.07 Å². The zero-order chi connectivity index (χ0) is 16.2. The number of rotatable bonds is 4. The van der Waals surface area contributed by atoms with Crippen LogP contribution in [0.2, 0.25) is 0 Å². The minimum atomic E-state index is -0.757. The Morgan fingerprint density at radius 3 is 2.26 bits per heavy atom. The van der Waals surface area contributed by atoms with Gasteiger partial charge in [-0.1, -0.05) is 25.8 Å². The van der Waals surface area contributed by atoms with Gasteiger partial charge in [0.2, 0.25) is 0 Å². The highest BCUT2D eigenvalue weighted by atomic mass is 19.2. The summed E-state index contributed by atoms with van der Waals surface area (Å²) < 4.78 is 32.6. The van der Waals surface area contributed by atoms with Crippen molar-refractivity contribution in [2.75, 3.05) is 6.61 Å². The van der Waals surface area contributed by atoms with Crippen LogP contribution < -0.4 is 0 Å². The quantitative estimate of drug-likeness (QED) is 0.677. The van der Waals surface area contributed by atoms with Gasteiger partial charge in [0, 0.05) is 6.61 Å². The van der Waals surface area contributed by atoms with Gasteiger partial charge in [-0.3, -0.25) is 0 Å². The second kappa shape index (κ2) is 7.74. The Balaban J connectivity index is 1.42. The molecule has 0 saturated heterocycles. The van der Waals surface area contributed by atoms with Gasteiger partial charge in [-0.05, 0) is 74.0 Å². The fourth-order valence-electron chi connectivity index (χ4n) is 4.10. The number of ether oxygens (including phenoxy) is 1. The number of benzene rings is 1. The van der Waals surface area contributed by atoms with Crippen molar-refractivity contribution in [3.63, 3.8) is 0 Å². The molecule has 2 aliphatic rings. The predicted molar refractivity (Wildman–Crippen MR) is 88.4 cm³/mol. The Morgan fingerprint density at radius 2 is 1.61 bits per heavy atom. The normalized spacial score (nSPS) is 32.0. The summed E-state index contributed by atoms with van der Waals surface area (Å²) in [5.41, 5.74) is 0.934. The van der Waals surface area contributed by atoms with Gasteiger partial charge in [0.1, 0.15) is 0 Å². The first-order chi connectivity index (χ1) is 11.1. The molecule has 1 aromatic carbocycles. The Kier molecular flexibility index (Phi) is 5.68. The Labute approximate surface area is 138 Å². The molecule has 0 atom stereocenters. The Morgan fingerprint density at radius 1 is 0.913 bits per heavy atom. The lowest BCUT2D eigenvalue weighted by molar-refractivity contribution is -0.00405. The fourth-order valence-corrected chi connectivity index (χ4v) is 4.10. The summed E-state index contributed by atoms with van der Waals surface area (Å²) in [6.45, 7) is 3.25. The van der Waals surface area contributed by atoms with E-state index in [-0.39, 0.29) is 0 Å². The molecule has 128 valence electrons. The van der Waals surface area contributed by atoms with E-state index >= 15 is 0 Å². The van der Waals surface area contributed by atoms with Crippen LogP contribution in [0.5, 0.6) is 0 Å². The molecule has 0 heterocycles. The molecule has 0 radical (unpaired) electrons. The first-order valence-electron chi connectivity index (χ1n) is 9.18. The van der Waals surface area contributed by atoms with Crippen LogP contribution in [0.3, 0.4) is 0 Å². The van der Waals surface area contributed by atoms with Gasteiger partial charge in [0.15, 0.2) is 11.6 Å². The van der Waals surface area contributed by atoms with Gasteiger partial charge in [0.05, 0.1) is 6.10 Å². The molecule has 0 unspecified atom stereocenters. The number of hydrogen-bond acceptors (Lipinski definition) is 1. The smallest absolute Gasteiger partial charge is 0.159 e. The first-order valence-corrected chi connectivity index (χ1v) is 9.18. The van der Waals surface area contributed by atoms with Crippen LogP contribution in [0.4, 0.5) is 8.78 Å². The molecule has 2 aliphatic carbocycles. The standard InChI is InChI=1S/C20H28F2O/c1-14-2-4-15(5-3-14)13-23-18-9-6-16(7-10-18)17-8-11-19(21)20(22)12-17/h8,11-12,14-16,18H,2-7,9-10,13H2,1H3. The first kappa shape index (κ1) is 16.9. The lowest BCUT2D eigenvalue weighted by Gasteiger charge is -2.31. The highest BCUT2D eigenvalue weighted by Gasteiger charge is 2.25. The van der Waals surface area contributed by atoms with E-state index < -0.39 is 11.6 Å². The summed E-state index contributed by atoms with van der Waals surface area (Å²) in [6, 6.07) is 4.34. The second-order valence-corrected chi connectivity index (χ2v) is 7.61. The Hall–Kier alpha value is -0.960. The van der Waals surface area contributed by atoms with E-state index in [0.29, 0.717) is 12.0 Å². The van der Waals surface area contributed by atoms with E-state index in [2.05, 4.69) is 6.92 Å². The molecule has 2 fully saturated rings. The third kappa shape index (κ3) is 4.53. The molecule has 0 aromatic heterocycles. The molecule has 2 saturated carbocycles. The van der Waals surface area contributed by atoms with Gasteiger partial charge in [0.25, 0.3) is 0 Å². The average Bonchev–Trinajstić information content (AvgIpc) is 2.57. The molecule has 1 aromatic rings. The van der Waals surface area contributed by atoms with Gasteiger partial charge in [-0.25, -0.2) is 8.78 Å². The summed E-state index contributed by atoms with van der Waals surface area (Å²) in [6.07, 6.45) is 9.76. The molecule has 3 rings (SSSR count). The predicted octanol–water partition coefficient (Wildman–Crippen LogP) is 5.83. The highest BCUT2D eigenvalue weighted by Crippen LogP contribution is 2.35. The van der Waals surface area contributed by atoms with Crippen molar-refractivity contribution in [2.24, 2.45) is 11.8 Å². The topological polar surface area (TPSA) is 9.23 Å². The lowest BCUT2D eigenvalue weighted by atomic mass is 9.82. The molecule has 1 nitrogen and oxygen atoms in total. The molecule has 3 heteroatoms. The third-order valence-electron chi connectivity index (χ3n) is 5.79. The van der Waals surface area contributed by atoms with Crippen molar-refractivity contribution in [1.29, 1.82) is 0 Å². The zero-order valence-corrected chi connectivity index (χ0v) is 14.1. The third-order valence-corrected chi connectivity index (χ3v) is 5.79. The molecule has 0 N–H and O–H groups in total. The summed E-state index contributed by atoms with van der Waals surface area (Å²) in [5.74, 6) is 0.494. The minimum Gasteiger partial charge on any atom is -0.378 e. The van der Waals surface area contributed by atoms with Gasteiger partial charge < -0.3 is 4.74 Å². The maximum atomic E-state index is 13.4. The average molecular weight is 322 g/mol. The zero-order valence-electron chi connectivity index (χ0n) is 14.1. The number of hydrogen-bond donors (Lipinski definition) is 0. The summed E-state index contributed by atoms with van der Waals surface area (Å²) >= 11 is 0. The molecule has 23 heavy (non-hydrogen) atoms.